The quantitative estimate of drug-likeness (QED) is 0.820. The van der Waals surface area contributed by atoms with E-state index in [-0.39, 0.29) is 5.41 Å². The number of hydrogen-bond donors (Lipinski definition) is 0. The van der Waals surface area contributed by atoms with Crippen molar-refractivity contribution in [2.45, 2.75) is 38.1 Å². The number of piperidine rings is 1. The highest BCUT2D eigenvalue weighted by Gasteiger charge is 2.33. The van der Waals surface area contributed by atoms with Crippen LogP contribution in [0.4, 0.5) is 0 Å². The van der Waals surface area contributed by atoms with Crippen LogP contribution in [0.1, 0.15) is 37.0 Å². The van der Waals surface area contributed by atoms with Gasteiger partial charge in [-0.2, -0.15) is 4.98 Å². The number of methoxy groups -OCH3 is 1. The molecule has 0 unspecified atom stereocenters. The topological polar surface area (TPSA) is 51.4 Å². The lowest BCUT2D eigenvalue weighted by Gasteiger charge is -2.40. The molecule has 5 nitrogen and oxygen atoms in total. The van der Waals surface area contributed by atoms with E-state index in [1.807, 2.05) is 0 Å². The molecule has 0 aliphatic carbocycles. The molecule has 5 heteroatoms. The van der Waals surface area contributed by atoms with Gasteiger partial charge >= 0.3 is 0 Å². The SMILES string of the molecule is COCCc1noc(CN2CCC[C@@](C)(c3ccccc3)C2)n1. The second kappa shape index (κ2) is 7.23. The van der Waals surface area contributed by atoms with Crippen molar-refractivity contribution >= 4 is 0 Å². The van der Waals surface area contributed by atoms with Crippen molar-refractivity contribution in [2.75, 3.05) is 26.8 Å². The van der Waals surface area contributed by atoms with Gasteiger partial charge in [-0.15, -0.1) is 0 Å². The molecule has 0 N–H and O–H groups in total. The van der Waals surface area contributed by atoms with Crippen LogP contribution in [-0.4, -0.2) is 41.8 Å². The minimum atomic E-state index is 0.193. The Morgan fingerprint density at radius 2 is 2.13 bits per heavy atom. The predicted octanol–water partition coefficient (Wildman–Crippen LogP) is 2.81. The van der Waals surface area contributed by atoms with Crippen LogP contribution in [-0.2, 0) is 23.1 Å². The Balaban J connectivity index is 1.63. The first-order valence-electron chi connectivity index (χ1n) is 8.28. The van der Waals surface area contributed by atoms with Crippen molar-refractivity contribution in [2.24, 2.45) is 0 Å². The van der Waals surface area contributed by atoms with Gasteiger partial charge in [0.25, 0.3) is 0 Å². The molecule has 1 aromatic heterocycles. The molecule has 0 bridgehead atoms. The molecule has 1 atom stereocenters. The number of rotatable bonds is 6. The third-order valence-corrected chi connectivity index (χ3v) is 4.64. The van der Waals surface area contributed by atoms with Crippen LogP contribution < -0.4 is 0 Å². The molecule has 0 saturated carbocycles. The van der Waals surface area contributed by atoms with Gasteiger partial charge in [0.2, 0.25) is 5.89 Å². The molecule has 1 aromatic carbocycles. The summed E-state index contributed by atoms with van der Waals surface area (Å²) in [7, 11) is 1.68. The van der Waals surface area contributed by atoms with Gasteiger partial charge in [-0.05, 0) is 24.9 Å². The van der Waals surface area contributed by atoms with Gasteiger partial charge in [0.05, 0.1) is 13.2 Å². The fourth-order valence-electron chi connectivity index (χ4n) is 3.40. The van der Waals surface area contributed by atoms with Crippen molar-refractivity contribution in [3.63, 3.8) is 0 Å². The molecular formula is C18H25N3O2. The van der Waals surface area contributed by atoms with E-state index in [1.54, 1.807) is 7.11 Å². The minimum Gasteiger partial charge on any atom is -0.384 e. The highest BCUT2D eigenvalue weighted by atomic mass is 16.5. The maximum Gasteiger partial charge on any atom is 0.240 e. The Morgan fingerprint density at radius 1 is 1.30 bits per heavy atom. The van der Waals surface area contributed by atoms with Crippen molar-refractivity contribution in [1.29, 1.82) is 0 Å². The monoisotopic (exact) mass is 315 g/mol. The van der Waals surface area contributed by atoms with Gasteiger partial charge in [-0.3, -0.25) is 4.90 Å². The molecule has 124 valence electrons. The minimum absolute atomic E-state index is 0.193. The van der Waals surface area contributed by atoms with Gasteiger partial charge in [0.1, 0.15) is 0 Å². The van der Waals surface area contributed by atoms with Gasteiger partial charge in [0.15, 0.2) is 5.82 Å². The summed E-state index contributed by atoms with van der Waals surface area (Å²) in [5.74, 6) is 1.43. The van der Waals surface area contributed by atoms with Crippen LogP contribution in [0.15, 0.2) is 34.9 Å². The smallest absolute Gasteiger partial charge is 0.240 e. The highest BCUT2D eigenvalue weighted by molar-refractivity contribution is 5.25. The second-order valence-corrected chi connectivity index (χ2v) is 6.59. The van der Waals surface area contributed by atoms with Crippen LogP contribution in [0.25, 0.3) is 0 Å². The molecular weight excluding hydrogens is 290 g/mol. The molecule has 23 heavy (non-hydrogen) atoms. The van der Waals surface area contributed by atoms with E-state index >= 15 is 0 Å². The van der Waals surface area contributed by atoms with E-state index in [1.165, 1.54) is 18.4 Å². The Hall–Kier alpha value is -1.72. The first-order valence-corrected chi connectivity index (χ1v) is 8.28. The highest BCUT2D eigenvalue weighted by Crippen LogP contribution is 2.33. The van der Waals surface area contributed by atoms with E-state index in [4.69, 9.17) is 9.26 Å². The first kappa shape index (κ1) is 16.1. The van der Waals surface area contributed by atoms with Crippen LogP contribution >= 0.6 is 0 Å². The van der Waals surface area contributed by atoms with Crippen molar-refractivity contribution in [3.8, 4) is 0 Å². The molecule has 0 spiro atoms. The average molecular weight is 315 g/mol. The molecule has 1 aliphatic heterocycles. The standard InChI is InChI=1S/C18H25N3O2/c1-18(15-7-4-3-5-8-15)10-6-11-21(14-18)13-17-19-16(20-23-17)9-12-22-2/h3-5,7-8H,6,9-14H2,1-2H3/t18-/m1/s1. The third-order valence-electron chi connectivity index (χ3n) is 4.64. The molecule has 2 heterocycles. The lowest BCUT2D eigenvalue weighted by Crippen LogP contribution is -2.43. The Kier molecular flexibility index (Phi) is 5.08. The fraction of sp³-hybridized carbons (Fsp3) is 0.556. The van der Waals surface area contributed by atoms with E-state index in [0.717, 1.165) is 25.5 Å². The van der Waals surface area contributed by atoms with E-state index in [2.05, 4.69) is 52.3 Å². The van der Waals surface area contributed by atoms with Gasteiger partial charge in [-0.1, -0.05) is 42.4 Å². The summed E-state index contributed by atoms with van der Waals surface area (Å²) < 4.78 is 10.4. The van der Waals surface area contributed by atoms with E-state index in [9.17, 15) is 0 Å². The first-order chi connectivity index (χ1) is 11.2. The number of aromatic nitrogens is 2. The number of likely N-dealkylation sites (tertiary alicyclic amines) is 1. The van der Waals surface area contributed by atoms with E-state index < -0.39 is 0 Å². The van der Waals surface area contributed by atoms with Crippen LogP contribution in [0, 0.1) is 0 Å². The summed E-state index contributed by atoms with van der Waals surface area (Å²) in [6.45, 7) is 5.80. The van der Waals surface area contributed by atoms with Crippen LogP contribution in [0.2, 0.25) is 0 Å². The molecule has 0 radical (unpaired) electrons. The van der Waals surface area contributed by atoms with Crippen LogP contribution in [0.3, 0.4) is 0 Å². The summed E-state index contributed by atoms with van der Waals surface area (Å²) in [6.07, 6.45) is 3.11. The zero-order valence-corrected chi connectivity index (χ0v) is 14.0. The summed E-state index contributed by atoms with van der Waals surface area (Å²) >= 11 is 0. The molecule has 3 rings (SSSR count). The normalized spacial score (nSPS) is 22.3. The molecule has 1 fully saturated rings. The molecule has 1 saturated heterocycles. The zero-order chi connectivity index (χ0) is 16.1. The Labute approximate surface area is 137 Å². The summed E-state index contributed by atoms with van der Waals surface area (Å²) in [5, 5.41) is 4.02. The summed E-state index contributed by atoms with van der Waals surface area (Å²) in [5.41, 5.74) is 1.61. The maximum atomic E-state index is 5.38. The molecule has 2 aromatic rings. The Morgan fingerprint density at radius 3 is 2.91 bits per heavy atom. The van der Waals surface area contributed by atoms with Crippen LogP contribution in [0.5, 0.6) is 0 Å². The third kappa shape index (κ3) is 3.98. The molecule has 0 amide bonds. The predicted molar refractivity (Wildman–Crippen MR) is 88.2 cm³/mol. The lowest BCUT2D eigenvalue weighted by atomic mass is 9.76. The Bertz CT molecular complexity index is 614. The molecule has 1 aliphatic rings. The number of benzene rings is 1. The van der Waals surface area contributed by atoms with Crippen molar-refractivity contribution in [3.05, 3.63) is 47.6 Å². The lowest BCUT2D eigenvalue weighted by molar-refractivity contribution is 0.135. The number of hydrogen-bond acceptors (Lipinski definition) is 5. The second-order valence-electron chi connectivity index (χ2n) is 6.59. The van der Waals surface area contributed by atoms with Crippen molar-refractivity contribution in [1.82, 2.24) is 15.0 Å². The average Bonchev–Trinajstić information content (AvgIpc) is 3.01. The maximum absolute atomic E-state index is 5.38. The van der Waals surface area contributed by atoms with Gasteiger partial charge in [0, 0.05) is 25.5 Å². The zero-order valence-electron chi connectivity index (χ0n) is 14.0. The van der Waals surface area contributed by atoms with Crippen molar-refractivity contribution < 1.29 is 9.26 Å². The number of ether oxygens (including phenoxy) is 1. The largest absolute Gasteiger partial charge is 0.384 e. The fourth-order valence-corrected chi connectivity index (χ4v) is 3.40. The summed E-state index contributed by atoms with van der Waals surface area (Å²) in [4.78, 5) is 6.88. The van der Waals surface area contributed by atoms with Gasteiger partial charge in [-0.25, -0.2) is 0 Å². The summed E-state index contributed by atoms with van der Waals surface area (Å²) in [6, 6.07) is 10.8. The number of nitrogens with zero attached hydrogens (tertiary/aromatic N) is 3. The van der Waals surface area contributed by atoms with E-state index in [0.29, 0.717) is 18.9 Å². The van der Waals surface area contributed by atoms with Gasteiger partial charge < -0.3 is 9.26 Å².